The number of nitrogen functional groups attached to an aromatic ring is 1. The molecule has 1 aliphatic heterocycles. The second kappa shape index (κ2) is 4.49. The molecule has 1 aromatic rings. The molecule has 0 atom stereocenters. The molecule has 1 saturated heterocycles. The van der Waals surface area contributed by atoms with Crippen molar-refractivity contribution in [3.63, 3.8) is 0 Å². The highest BCUT2D eigenvalue weighted by Gasteiger charge is 2.15. The summed E-state index contributed by atoms with van der Waals surface area (Å²) in [6, 6.07) is 4.44. The van der Waals surface area contributed by atoms with Crippen molar-refractivity contribution in [2.24, 2.45) is 0 Å². The highest BCUT2D eigenvalue weighted by Crippen LogP contribution is 2.22. The van der Waals surface area contributed by atoms with Gasteiger partial charge < -0.3 is 15.2 Å². The molecule has 0 unspecified atom stereocenters. The van der Waals surface area contributed by atoms with Gasteiger partial charge in [0.25, 0.3) is 0 Å². The van der Waals surface area contributed by atoms with E-state index >= 15 is 0 Å². The number of benzene rings is 1. The minimum absolute atomic E-state index is 0.125. The lowest BCUT2D eigenvalue weighted by atomic mass is 10.1. The summed E-state index contributed by atoms with van der Waals surface area (Å²) >= 11 is 0. The van der Waals surface area contributed by atoms with Gasteiger partial charge in [-0.15, -0.1) is 0 Å². The predicted octanol–water partition coefficient (Wildman–Crippen LogP) is 1.97. The molecule has 1 fully saturated rings. The molecule has 2 rings (SSSR count). The normalized spacial score (nSPS) is 17.7. The van der Waals surface area contributed by atoms with Gasteiger partial charge >= 0.3 is 0 Å². The van der Waals surface area contributed by atoms with Crippen molar-refractivity contribution in [1.29, 1.82) is 0 Å². The summed E-state index contributed by atoms with van der Waals surface area (Å²) < 4.78 is 23.8. The molecule has 1 aromatic carbocycles. The van der Waals surface area contributed by atoms with Crippen molar-refractivity contribution in [2.75, 3.05) is 18.9 Å². The third-order valence-corrected chi connectivity index (χ3v) is 2.44. The van der Waals surface area contributed by atoms with Crippen molar-refractivity contribution in [2.45, 2.75) is 18.9 Å². The predicted molar refractivity (Wildman–Crippen MR) is 55.3 cm³/mol. The quantitative estimate of drug-likeness (QED) is 0.760. The summed E-state index contributed by atoms with van der Waals surface area (Å²) in [6.07, 6.45) is 1.90. The van der Waals surface area contributed by atoms with Crippen LogP contribution in [0.25, 0.3) is 0 Å². The van der Waals surface area contributed by atoms with Crippen LogP contribution < -0.4 is 10.5 Å². The zero-order chi connectivity index (χ0) is 10.7. The summed E-state index contributed by atoms with van der Waals surface area (Å²) in [5, 5.41) is 0. The Morgan fingerprint density at radius 2 is 2.07 bits per heavy atom. The monoisotopic (exact) mass is 211 g/mol. The van der Waals surface area contributed by atoms with Gasteiger partial charge in [-0.1, -0.05) is 0 Å². The molecular weight excluding hydrogens is 197 g/mol. The molecule has 3 nitrogen and oxygen atoms in total. The van der Waals surface area contributed by atoms with Crippen LogP contribution in [0, 0.1) is 5.82 Å². The number of halogens is 1. The maximum Gasteiger partial charge on any atom is 0.146 e. The molecule has 1 aliphatic rings. The van der Waals surface area contributed by atoms with Crippen molar-refractivity contribution < 1.29 is 13.9 Å². The lowest BCUT2D eigenvalue weighted by Crippen LogP contribution is -2.25. The zero-order valence-electron chi connectivity index (χ0n) is 8.41. The van der Waals surface area contributed by atoms with Crippen LogP contribution in [0.15, 0.2) is 18.2 Å². The van der Waals surface area contributed by atoms with Gasteiger partial charge in [0.2, 0.25) is 0 Å². The van der Waals surface area contributed by atoms with Crippen molar-refractivity contribution in [3.8, 4) is 5.75 Å². The fraction of sp³-hybridized carbons (Fsp3) is 0.455. The molecule has 0 saturated carbocycles. The Balaban J connectivity index is 2.00. The van der Waals surface area contributed by atoms with Gasteiger partial charge in [-0.25, -0.2) is 4.39 Å². The molecule has 0 bridgehead atoms. The fourth-order valence-electron chi connectivity index (χ4n) is 1.58. The Labute approximate surface area is 88.0 Å². The van der Waals surface area contributed by atoms with Crippen LogP contribution in [0.3, 0.4) is 0 Å². The summed E-state index contributed by atoms with van der Waals surface area (Å²) in [5.74, 6) is 0.218. The molecule has 1 heterocycles. The van der Waals surface area contributed by atoms with Gasteiger partial charge in [0.1, 0.15) is 17.7 Å². The van der Waals surface area contributed by atoms with E-state index in [4.69, 9.17) is 15.2 Å². The largest absolute Gasteiger partial charge is 0.490 e. The minimum Gasteiger partial charge on any atom is -0.490 e. The second-order valence-corrected chi connectivity index (χ2v) is 3.61. The topological polar surface area (TPSA) is 44.5 Å². The molecular formula is C11H14FNO2. The second-order valence-electron chi connectivity index (χ2n) is 3.61. The highest BCUT2D eigenvalue weighted by atomic mass is 19.1. The number of anilines is 1. The van der Waals surface area contributed by atoms with Crippen LogP contribution >= 0.6 is 0 Å². The molecule has 0 aromatic heterocycles. The number of hydrogen-bond donors (Lipinski definition) is 1. The fourth-order valence-corrected chi connectivity index (χ4v) is 1.58. The van der Waals surface area contributed by atoms with Gasteiger partial charge in [0.05, 0.1) is 18.9 Å². The molecule has 0 aliphatic carbocycles. The van der Waals surface area contributed by atoms with E-state index in [1.165, 1.54) is 12.1 Å². The van der Waals surface area contributed by atoms with Crippen molar-refractivity contribution in [1.82, 2.24) is 0 Å². The third kappa shape index (κ3) is 2.59. The Hall–Kier alpha value is -1.29. The first-order valence-electron chi connectivity index (χ1n) is 5.05. The number of nitrogens with two attached hydrogens (primary N) is 1. The Morgan fingerprint density at radius 3 is 2.73 bits per heavy atom. The van der Waals surface area contributed by atoms with E-state index in [-0.39, 0.29) is 11.8 Å². The van der Waals surface area contributed by atoms with Crippen LogP contribution in [0.2, 0.25) is 0 Å². The van der Waals surface area contributed by atoms with Crippen LogP contribution in [0.1, 0.15) is 12.8 Å². The number of rotatable bonds is 2. The van der Waals surface area contributed by atoms with E-state index in [1.54, 1.807) is 6.07 Å². The van der Waals surface area contributed by atoms with Gasteiger partial charge in [-0.3, -0.25) is 0 Å². The lowest BCUT2D eigenvalue weighted by molar-refractivity contribution is 0.0256. The smallest absolute Gasteiger partial charge is 0.146 e. The molecule has 0 spiro atoms. The van der Waals surface area contributed by atoms with Crippen LogP contribution in [0.5, 0.6) is 5.75 Å². The maximum absolute atomic E-state index is 12.9. The molecule has 2 N–H and O–H groups in total. The van der Waals surface area contributed by atoms with E-state index in [0.717, 1.165) is 26.1 Å². The number of ether oxygens (including phenoxy) is 2. The minimum atomic E-state index is -0.408. The van der Waals surface area contributed by atoms with Gasteiger partial charge in [-0.2, -0.15) is 0 Å². The first-order valence-corrected chi connectivity index (χ1v) is 5.05. The average Bonchev–Trinajstić information content (AvgIpc) is 2.25. The Morgan fingerprint density at radius 1 is 1.33 bits per heavy atom. The summed E-state index contributed by atoms with van der Waals surface area (Å²) in [7, 11) is 0. The summed E-state index contributed by atoms with van der Waals surface area (Å²) in [6.45, 7) is 1.45. The highest BCUT2D eigenvalue weighted by molar-refractivity contribution is 5.45. The van der Waals surface area contributed by atoms with Crippen LogP contribution in [0.4, 0.5) is 10.1 Å². The molecule has 4 heteroatoms. The standard InChI is InChI=1S/C11H14FNO2/c12-10-2-1-9(7-11(10)13)15-8-3-5-14-6-4-8/h1-2,7-8H,3-6,13H2. The Kier molecular flexibility index (Phi) is 3.06. The van der Waals surface area contributed by atoms with E-state index in [1.807, 2.05) is 0 Å². The maximum atomic E-state index is 12.9. The van der Waals surface area contributed by atoms with E-state index < -0.39 is 5.82 Å². The molecule has 82 valence electrons. The first kappa shape index (κ1) is 10.2. The lowest BCUT2D eigenvalue weighted by Gasteiger charge is -2.23. The molecule has 0 radical (unpaired) electrons. The average molecular weight is 211 g/mol. The van der Waals surface area contributed by atoms with E-state index in [9.17, 15) is 4.39 Å². The van der Waals surface area contributed by atoms with Gasteiger partial charge in [-0.05, 0) is 12.1 Å². The third-order valence-electron chi connectivity index (χ3n) is 2.44. The van der Waals surface area contributed by atoms with Gasteiger partial charge in [0.15, 0.2) is 0 Å². The van der Waals surface area contributed by atoms with Crippen LogP contribution in [-0.4, -0.2) is 19.3 Å². The van der Waals surface area contributed by atoms with Crippen LogP contribution in [-0.2, 0) is 4.74 Å². The van der Waals surface area contributed by atoms with Crippen molar-refractivity contribution >= 4 is 5.69 Å². The SMILES string of the molecule is Nc1cc(OC2CCOCC2)ccc1F. The zero-order valence-corrected chi connectivity index (χ0v) is 8.41. The van der Waals surface area contributed by atoms with Gasteiger partial charge in [0, 0.05) is 18.9 Å². The van der Waals surface area contributed by atoms with E-state index in [2.05, 4.69) is 0 Å². The van der Waals surface area contributed by atoms with E-state index in [0.29, 0.717) is 5.75 Å². The number of hydrogen-bond acceptors (Lipinski definition) is 3. The molecule has 0 amide bonds. The first-order chi connectivity index (χ1) is 7.25. The summed E-state index contributed by atoms with van der Waals surface area (Å²) in [4.78, 5) is 0. The summed E-state index contributed by atoms with van der Waals surface area (Å²) in [5.41, 5.74) is 5.57. The van der Waals surface area contributed by atoms with Crippen molar-refractivity contribution in [3.05, 3.63) is 24.0 Å². The molecule has 15 heavy (non-hydrogen) atoms. The Bertz CT molecular complexity index is 337.